The fourth-order valence-corrected chi connectivity index (χ4v) is 2.60. The average Bonchev–Trinajstić information content (AvgIpc) is 2.41. The Bertz CT molecular complexity index is 345. The average molecular weight is 269 g/mol. The summed E-state index contributed by atoms with van der Waals surface area (Å²) in [5, 5.41) is 12.1. The molecule has 0 heterocycles. The normalized spacial score (nSPS) is 10.6. The van der Waals surface area contributed by atoms with E-state index in [0.29, 0.717) is 0 Å². The molecular formula is C14H23NO2S. The molecule has 1 aromatic rings. The van der Waals surface area contributed by atoms with Gasteiger partial charge in [-0.25, -0.2) is 0 Å². The monoisotopic (exact) mass is 269 g/mol. The highest BCUT2D eigenvalue weighted by Crippen LogP contribution is 2.24. The first kappa shape index (κ1) is 15.3. The highest BCUT2D eigenvalue weighted by atomic mass is 32.2. The molecule has 0 aliphatic carbocycles. The summed E-state index contributed by atoms with van der Waals surface area (Å²) < 4.78 is 5.38. The van der Waals surface area contributed by atoms with E-state index in [9.17, 15) is 0 Å². The van der Waals surface area contributed by atoms with Crippen LogP contribution in [-0.2, 0) is 12.3 Å². The van der Waals surface area contributed by atoms with Crippen molar-refractivity contribution in [3.8, 4) is 5.75 Å². The maximum Gasteiger partial charge on any atom is 0.122 e. The van der Waals surface area contributed by atoms with E-state index < -0.39 is 0 Å². The lowest BCUT2D eigenvalue weighted by atomic mass is 10.1. The summed E-state index contributed by atoms with van der Waals surface area (Å²) >= 11 is 1.83. The summed E-state index contributed by atoms with van der Waals surface area (Å²) in [6.07, 6.45) is 0.851. The molecule has 3 nitrogen and oxygen atoms in total. The standard InChI is InChI=1S/C14H23NO2S/c1-3-15-10-12-5-6-14(17-2)13(9-12)11-18-8-4-7-16/h5-6,9,15-16H,3-4,7-8,10-11H2,1-2H3. The maximum absolute atomic E-state index is 8.76. The van der Waals surface area contributed by atoms with Crippen molar-refractivity contribution in [2.45, 2.75) is 25.6 Å². The summed E-state index contributed by atoms with van der Waals surface area (Å²) in [4.78, 5) is 0. The Hall–Kier alpha value is -0.710. The molecule has 0 radical (unpaired) electrons. The number of hydrogen-bond acceptors (Lipinski definition) is 4. The van der Waals surface area contributed by atoms with Gasteiger partial charge >= 0.3 is 0 Å². The Kier molecular flexibility index (Phi) is 7.89. The van der Waals surface area contributed by atoms with Crippen LogP contribution in [0.1, 0.15) is 24.5 Å². The summed E-state index contributed by atoms with van der Waals surface area (Å²) in [5.41, 5.74) is 2.52. The largest absolute Gasteiger partial charge is 0.496 e. The number of hydrogen-bond donors (Lipinski definition) is 2. The predicted molar refractivity (Wildman–Crippen MR) is 78.2 cm³/mol. The predicted octanol–water partition coefficient (Wildman–Crippen LogP) is 2.42. The van der Waals surface area contributed by atoms with Crippen LogP contribution in [-0.4, -0.2) is 31.1 Å². The second-order valence-electron chi connectivity index (χ2n) is 4.06. The highest BCUT2D eigenvalue weighted by Gasteiger charge is 2.04. The summed E-state index contributed by atoms with van der Waals surface area (Å²) in [6, 6.07) is 6.34. The van der Waals surface area contributed by atoms with Crippen molar-refractivity contribution < 1.29 is 9.84 Å². The van der Waals surface area contributed by atoms with Gasteiger partial charge in [-0.1, -0.05) is 13.0 Å². The first-order valence-corrected chi connectivity index (χ1v) is 7.52. The number of aliphatic hydroxyl groups excluding tert-OH is 1. The molecule has 0 amide bonds. The summed E-state index contributed by atoms with van der Waals surface area (Å²) in [7, 11) is 1.71. The molecule has 0 saturated carbocycles. The molecule has 0 unspecified atom stereocenters. The Labute approximate surface area is 114 Å². The minimum Gasteiger partial charge on any atom is -0.496 e. The van der Waals surface area contributed by atoms with Crippen molar-refractivity contribution in [1.29, 1.82) is 0 Å². The van der Waals surface area contributed by atoms with E-state index in [1.807, 2.05) is 17.8 Å². The van der Waals surface area contributed by atoms with Crippen LogP contribution in [0, 0.1) is 0 Å². The molecule has 1 rings (SSSR count). The third-order valence-electron chi connectivity index (χ3n) is 2.63. The van der Waals surface area contributed by atoms with Gasteiger partial charge in [-0.3, -0.25) is 0 Å². The van der Waals surface area contributed by atoms with Crippen molar-refractivity contribution >= 4 is 11.8 Å². The van der Waals surface area contributed by atoms with Crippen LogP contribution in [0.25, 0.3) is 0 Å². The quantitative estimate of drug-likeness (QED) is 0.676. The zero-order valence-corrected chi connectivity index (χ0v) is 12.1. The van der Waals surface area contributed by atoms with Gasteiger partial charge in [0.1, 0.15) is 5.75 Å². The molecule has 0 fully saturated rings. The zero-order chi connectivity index (χ0) is 13.2. The SMILES string of the molecule is CCNCc1ccc(OC)c(CSCCCO)c1. The van der Waals surface area contributed by atoms with E-state index >= 15 is 0 Å². The molecule has 0 spiro atoms. The number of nitrogens with one attached hydrogen (secondary N) is 1. The van der Waals surface area contributed by atoms with E-state index in [-0.39, 0.29) is 6.61 Å². The molecule has 0 aliphatic rings. The topological polar surface area (TPSA) is 41.5 Å². The second-order valence-corrected chi connectivity index (χ2v) is 5.16. The van der Waals surface area contributed by atoms with Crippen molar-refractivity contribution in [2.75, 3.05) is 26.0 Å². The molecule has 0 aliphatic heterocycles. The van der Waals surface area contributed by atoms with Crippen molar-refractivity contribution in [3.63, 3.8) is 0 Å². The lowest BCUT2D eigenvalue weighted by Gasteiger charge is -2.11. The Morgan fingerprint density at radius 1 is 1.39 bits per heavy atom. The Balaban J connectivity index is 2.60. The van der Waals surface area contributed by atoms with Crippen LogP contribution < -0.4 is 10.1 Å². The fraction of sp³-hybridized carbons (Fsp3) is 0.571. The van der Waals surface area contributed by atoms with Crippen LogP contribution in [0.2, 0.25) is 0 Å². The molecule has 1 aromatic carbocycles. The maximum atomic E-state index is 8.76. The van der Waals surface area contributed by atoms with Crippen LogP contribution in [0.15, 0.2) is 18.2 Å². The molecular weight excluding hydrogens is 246 g/mol. The highest BCUT2D eigenvalue weighted by molar-refractivity contribution is 7.98. The minimum absolute atomic E-state index is 0.268. The second kappa shape index (κ2) is 9.25. The molecule has 4 heteroatoms. The smallest absolute Gasteiger partial charge is 0.122 e. The molecule has 102 valence electrons. The van der Waals surface area contributed by atoms with Crippen LogP contribution in [0.3, 0.4) is 0 Å². The molecule has 0 atom stereocenters. The zero-order valence-electron chi connectivity index (χ0n) is 11.2. The first-order valence-electron chi connectivity index (χ1n) is 6.37. The van der Waals surface area contributed by atoms with Gasteiger partial charge in [0, 0.05) is 24.5 Å². The summed E-state index contributed by atoms with van der Waals surface area (Å²) in [6.45, 7) is 4.25. The van der Waals surface area contributed by atoms with Gasteiger partial charge in [-0.05, 0) is 36.4 Å². The third kappa shape index (κ3) is 5.29. The van der Waals surface area contributed by atoms with Gasteiger partial charge in [-0.15, -0.1) is 0 Å². The van der Waals surface area contributed by atoms with Crippen LogP contribution >= 0.6 is 11.8 Å². The summed E-state index contributed by atoms with van der Waals surface area (Å²) in [5.74, 6) is 2.87. The molecule has 2 N–H and O–H groups in total. The van der Waals surface area contributed by atoms with Gasteiger partial charge in [-0.2, -0.15) is 11.8 Å². The van der Waals surface area contributed by atoms with Gasteiger partial charge in [0.05, 0.1) is 7.11 Å². The van der Waals surface area contributed by atoms with Gasteiger partial charge < -0.3 is 15.2 Å². The number of thioether (sulfide) groups is 1. The van der Waals surface area contributed by atoms with E-state index in [4.69, 9.17) is 9.84 Å². The first-order chi connectivity index (χ1) is 8.81. The lowest BCUT2D eigenvalue weighted by molar-refractivity contribution is 0.296. The Morgan fingerprint density at radius 2 is 2.22 bits per heavy atom. The number of aliphatic hydroxyl groups is 1. The molecule has 0 saturated heterocycles. The van der Waals surface area contributed by atoms with Crippen molar-refractivity contribution in [3.05, 3.63) is 29.3 Å². The number of rotatable bonds is 9. The van der Waals surface area contributed by atoms with Crippen molar-refractivity contribution in [2.24, 2.45) is 0 Å². The van der Waals surface area contributed by atoms with E-state index in [1.54, 1.807) is 7.11 Å². The van der Waals surface area contributed by atoms with E-state index in [0.717, 1.165) is 36.8 Å². The van der Waals surface area contributed by atoms with Gasteiger partial charge in [0.2, 0.25) is 0 Å². The number of ether oxygens (including phenoxy) is 1. The third-order valence-corrected chi connectivity index (χ3v) is 3.72. The fourth-order valence-electron chi connectivity index (χ4n) is 1.67. The molecule has 18 heavy (non-hydrogen) atoms. The minimum atomic E-state index is 0.268. The lowest BCUT2D eigenvalue weighted by Crippen LogP contribution is -2.11. The number of benzene rings is 1. The van der Waals surface area contributed by atoms with Crippen molar-refractivity contribution in [1.82, 2.24) is 5.32 Å². The molecule has 0 aromatic heterocycles. The van der Waals surface area contributed by atoms with Crippen LogP contribution in [0.4, 0.5) is 0 Å². The van der Waals surface area contributed by atoms with E-state index in [1.165, 1.54) is 11.1 Å². The van der Waals surface area contributed by atoms with E-state index in [2.05, 4.69) is 24.4 Å². The van der Waals surface area contributed by atoms with Crippen LogP contribution in [0.5, 0.6) is 5.75 Å². The molecule has 0 bridgehead atoms. The van der Waals surface area contributed by atoms with Gasteiger partial charge in [0.15, 0.2) is 0 Å². The van der Waals surface area contributed by atoms with Gasteiger partial charge in [0.25, 0.3) is 0 Å². The number of methoxy groups -OCH3 is 1. The Morgan fingerprint density at radius 3 is 2.89 bits per heavy atom.